The van der Waals surface area contributed by atoms with Crippen LogP contribution in [0.25, 0.3) is 0 Å². The van der Waals surface area contributed by atoms with Crippen molar-refractivity contribution in [2.75, 3.05) is 0 Å². The second-order valence-corrected chi connectivity index (χ2v) is 6.34. The molecule has 2 aromatic carbocycles. The summed E-state index contributed by atoms with van der Waals surface area (Å²) in [6, 6.07) is 20.7. The summed E-state index contributed by atoms with van der Waals surface area (Å²) in [7, 11) is 1.39. The van der Waals surface area contributed by atoms with E-state index in [-0.39, 0.29) is 18.5 Å². The van der Waals surface area contributed by atoms with E-state index >= 15 is 0 Å². The third-order valence-electron chi connectivity index (χ3n) is 4.39. The molecule has 0 aliphatic heterocycles. The largest absolute Gasteiger partial charge is 0.347 e. The van der Waals surface area contributed by atoms with Gasteiger partial charge in [-0.25, -0.2) is 4.79 Å². The average molecular weight is 363 g/mol. The Balaban J connectivity index is 1.79. The molecule has 0 spiro atoms. The van der Waals surface area contributed by atoms with Gasteiger partial charge in [-0.1, -0.05) is 60.7 Å². The van der Waals surface area contributed by atoms with Crippen molar-refractivity contribution in [2.24, 2.45) is 7.05 Å². The first-order chi connectivity index (χ1) is 13.0. The van der Waals surface area contributed by atoms with Crippen molar-refractivity contribution in [3.8, 4) is 0 Å². The first-order valence-corrected chi connectivity index (χ1v) is 8.69. The molecule has 1 atom stereocenters. The van der Waals surface area contributed by atoms with Gasteiger partial charge in [0.15, 0.2) is 0 Å². The Hall–Kier alpha value is -3.41. The smallest absolute Gasteiger partial charge is 0.331 e. The van der Waals surface area contributed by atoms with Gasteiger partial charge in [-0.2, -0.15) is 0 Å². The third kappa shape index (κ3) is 4.61. The van der Waals surface area contributed by atoms with Crippen LogP contribution in [0.5, 0.6) is 0 Å². The van der Waals surface area contributed by atoms with Gasteiger partial charge in [0.1, 0.15) is 6.54 Å². The van der Waals surface area contributed by atoms with Crippen molar-refractivity contribution >= 4 is 5.91 Å². The van der Waals surface area contributed by atoms with Crippen LogP contribution in [-0.2, 0) is 24.8 Å². The van der Waals surface area contributed by atoms with Crippen LogP contribution in [0.1, 0.15) is 17.2 Å². The van der Waals surface area contributed by atoms with Gasteiger partial charge in [-0.15, -0.1) is 0 Å². The van der Waals surface area contributed by atoms with Gasteiger partial charge in [0, 0.05) is 19.3 Å². The number of carbonyl (C=O) groups is 1. The van der Waals surface area contributed by atoms with Crippen LogP contribution >= 0.6 is 0 Å². The molecule has 0 unspecified atom stereocenters. The third-order valence-corrected chi connectivity index (χ3v) is 4.39. The van der Waals surface area contributed by atoms with Crippen LogP contribution < -0.4 is 16.6 Å². The second kappa shape index (κ2) is 8.31. The minimum absolute atomic E-state index is 0.148. The van der Waals surface area contributed by atoms with Crippen molar-refractivity contribution in [1.29, 1.82) is 0 Å². The Kier molecular flexibility index (Phi) is 5.66. The summed E-state index contributed by atoms with van der Waals surface area (Å²) in [5, 5.41) is 3.01. The monoisotopic (exact) mass is 363 g/mol. The van der Waals surface area contributed by atoms with Crippen LogP contribution in [0.4, 0.5) is 0 Å². The quantitative estimate of drug-likeness (QED) is 0.724. The number of nitrogens with one attached hydrogen (secondary N) is 1. The Morgan fingerprint density at radius 1 is 0.963 bits per heavy atom. The van der Waals surface area contributed by atoms with Crippen LogP contribution in [0.15, 0.2) is 82.5 Å². The molecular formula is C21H21N3O3. The van der Waals surface area contributed by atoms with E-state index < -0.39 is 11.2 Å². The molecule has 27 heavy (non-hydrogen) atoms. The number of carbonyl (C=O) groups excluding carboxylic acids is 1. The van der Waals surface area contributed by atoms with E-state index in [2.05, 4.69) is 5.32 Å². The summed E-state index contributed by atoms with van der Waals surface area (Å²) in [4.78, 5) is 36.2. The summed E-state index contributed by atoms with van der Waals surface area (Å²) in [6.07, 6.45) is 1.98. The van der Waals surface area contributed by atoms with Crippen molar-refractivity contribution < 1.29 is 4.79 Å². The second-order valence-electron chi connectivity index (χ2n) is 6.34. The first-order valence-electron chi connectivity index (χ1n) is 8.69. The summed E-state index contributed by atoms with van der Waals surface area (Å²) >= 11 is 0. The van der Waals surface area contributed by atoms with Crippen molar-refractivity contribution in [3.63, 3.8) is 0 Å². The standard InChI is InChI=1S/C21H21N3O3/c1-23-20(26)12-13-24(21(23)27)15-19(25)22-18(17-10-6-3-7-11-17)14-16-8-4-2-5-9-16/h2-13,18H,14-15H2,1H3,(H,22,25)/t18-/m1/s1. The van der Waals surface area contributed by atoms with Gasteiger partial charge >= 0.3 is 5.69 Å². The molecule has 0 radical (unpaired) electrons. The molecule has 0 fully saturated rings. The molecule has 1 heterocycles. The Morgan fingerprint density at radius 2 is 1.59 bits per heavy atom. The van der Waals surface area contributed by atoms with Gasteiger partial charge in [-0.3, -0.25) is 18.7 Å². The van der Waals surface area contributed by atoms with E-state index in [0.29, 0.717) is 6.42 Å². The fraction of sp³-hybridized carbons (Fsp3) is 0.190. The lowest BCUT2D eigenvalue weighted by Gasteiger charge is -2.20. The molecule has 1 N–H and O–H groups in total. The zero-order valence-electron chi connectivity index (χ0n) is 15.0. The molecule has 0 bridgehead atoms. The number of amides is 1. The molecule has 0 saturated heterocycles. The molecule has 6 heteroatoms. The fourth-order valence-corrected chi connectivity index (χ4v) is 2.92. The van der Waals surface area contributed by atoms with Crippen LogP contribution in [-0.4, -0.2) is 15.0 Å². The van der Waals surface area contributed by atoms with E-state index in [1.54, 1.807) is 0 Å². The van der Waals surface area contributed by atoms with Crippen LogP contribution in [0.3, 0.4) is 0 Å². The zero-order chi connectivity index (χ0) is 19.2. The van der Waals surface area contributed by atoms with E-state index in [1.807, 2.05) is 60.7 Å². The highest BCUT2D eigenvalue weighted by Crippen LogP contribution is 2.18. The molecule has 0 saturated carbocycles. The molecule has 0 aliphatic carbocycles. The van der Waals surface area contributed by atoms with Crippen LogP contribution in [0, 0.1) is 0 Å². The molecule has 3 rings (SSSR count). The van der Waals surface area contributed by atoms with E-state index in [1.165, 1.54) is 23.9 Å². The average Bonchev–Trinajstić information content (AvgIpc) is 2.69. The maximum Gasteiger partial charge on any atom is 0.331 e. The van der Waals surface area contributed by atoms with Gasteiger partial charge in [0.2, 0.25) is 5.91 Å². The number of rotatable bonds is 6. The molecular weight excluding hydrogens is 342 g/mol. The molecule has 1 aromatic heterocycles. The zero-order valence-corrected chi connectivity index (χ0v) is 15.0. The summed E-state index contributed by atoms with van der Waals surface area (Å²) in [5.74, 6) is -0.291. The Morgan fingerprint density at radius 3 is 2.26 bits per heavy atom. The SMILES string of the molecule is Cn1c(=O)ccn(CC(=O)N[C@H](Cc2ccccc2)c2ccccc2)c1=O. The highest BCUT2D eigenvalue weighted by atomic mass is 16.2. The van der Waals surface area contributed by atoms with Gasteiger partial charge in [0.25, 0.3) is 5.56 Å². The lowest BCUT2D eigenvalue weighted by Crippen LogP contribution is -2.41. The lowest BCUT2D eigenvalue weighted by atomic mass is 9.99. The summed E-state index contributed by atoms with van der Waals surface area (Å²) in [6.45, 7) is -0.148. The van der Waals surface area contributed by atoms with Crippen molar-refractivity contribution in [2.45, 2.75) is 19.0 Å². The van der Waals surface area contributed by atoms with Crippen molar-refractivity contribution in [3.05, 3.63) is 105 Å². The number of hydrogen-bond donors (Lipinski definition) is 1. The minimum atomic E-state index is -0.517. The fourth-order valence-electron chi connectivity index (χ4n) is 2.92. The lowest BCUT2D eigenvalue weighted by molar-refractivity contribution is -0.122. The predicted molar refractivity (Wildman–Crippen MR) is 103 cm³/mol. The van der Waals surface area contributed by atoms with E-state index in [4.69, 9.17) is 0 Å². The number of hydrogen-bond acceptors (Lipinski definition) is 3. The topological polar surface area (TPSA) is 73.1 Å². The van der Waals surface area contributed by atoms with Gasteiger partial charge in [0.05, 0.1) is 6.04 Å². The van der Waals surface area contributed by atoms with Crippen molar-refractivity contribution in [1.82, 2.24) is 14.5 Å². The number of benzene rings is 2. The van der Waals surface area contributed by atoms with Crippen LogP contribution in [0.2, 0.25) is 0 Å². The van der Waals surface area contributed by atoms with Gasteiger partial charge in [-0.05, 0) is 17.5 Å². The Labute approximate surface area is 156 Å². The van der Waals surface area contributed by atoms with E-state index in [0.717, 1.165) is 15.7 Å². The molecule has 138 valence electrons. The summed E-state index contributed by atoms with van der Waals surface area (Å²) in [5.41, 5.74) is 1.17. The van der Waals surface area contributed by atoms with Gasteiger partial charge < -0.3 is 5.32 Å². The summed E-state index contributed by atoms with van der Waals surface area (Å²) < 4.78 is 2.20. The highest BCUT2D eigenvalue weighted by Gasteiger charge is 2.16. The predicted octanol–water partition coefficient (Wildman–Crippen LogP) is 1.65. The highest BCUT2D eigenvalue weighted by molar-refractivity contribution is 5.76. The first kappa shape index (κ1) is 18.4. The number of aromatic nitrogens is 2. The molecule has 1 amide bonds. The minimum Gasteiger partial charge on any atom is -0.347 e. The number of nitrogens with zero attached hydrogens (tertiary/aromatic N) is 2. The Bertz CT molecular complexity index is 1020. The molecule has 6 nitrogen and oxygen atoms in total. The van der Waals surface area contributed by atoms with E-state index in [9.17, 15) is 14.4 Å². The normalized spacial score (nSPS) is 11.7. The maximum absolute atomic E-state index is 12.6. The molecule has 0 aliphatic rings. The molecule has 3 aromatic rings. The maximum atomic E-state index is 12.6.